The molecule has 0 rings (SSSR count). The molecule has 0 amide bonds. The fourth-order valence-electron chi connectivity index (χ4n) is 0.397. The van der Waals surface area contributed by atoms with E-state index in [1.54, 1.807) is 0 Å². The van der Waals surface area contributed by atoms with Crippen LogP contribution in [0.15, 0.2) is 12.7 Å². The number of hydrogen-bond acceptors (Lipinski definition) is 4. The molecule has 4 heteroatoms. The Labute approximate surface area is 71.5 Å². The van der Waals surface area contributed by atoms with Crippen LogP contribution in [0.1, 0.15) is 13.8 Å². The van der Waals surface area contributed by atoms with Gasteiger partial charge in [0.05, 0.1) is 6.10 Å². The number of aliphatic hydroxyl groups is 2. The van der Waals surface area contributed by atoms with Crippen LogP contribution < -0.4 is 0 Å². The van der Waals surface area contributed by atoms with Crippen LogP contribution in [-0.4, -0.2) is 34.5 Å². The number of esters is 1. The molecular weight excluding hydrogens is 160 g/mol. The summed E-state index contributed by atoms with van der Waals surface area (Å²) in [6, 6.07) is 0. The minimum Gasteiger partial charge on any atom is -0.459 e. The third-order valence-electron chi connectivity index (χ3n) is 1.57. The Balaban J connectivity index is 3.91. The fraction of sp³-hybridized carbons (Fsp3) is 0.625. The molecule has 0 heterocycles. The monoisotopic (exact) mass is 174 g/mol. The molecule has 0 fully saturated rings. The lowest BCUT2D eigenvalue weighted by atomic mass is 10.0. The third kappa shape index (κ3) is 3.50. The van der Waals surface area contributed by atoms with Crippen molar-refractivity contribution in [2.75, 3.05) is 6.61 Å². The first-order valence-electron chi connectivity index (χ1n) is 3.60. The predicted molar refractivity (Wildman–Crippen MR) is 43.5 cm³/mol. The molecule has 0 aromatic rings. The van der Waals surface area contributed by atoms with Crippen molar-refractivity contribution in [2.24, 2.45) is 0 Å². The zero-order chi connectivity index (χ0) is 9.78. The van der Waals surface area contributed by atoms with E-state index < -0.39 is 17.7 Å². The van der Waals surface area contributed by atoms with Gasteiger partial charge in [0.1, 0.15) is 12.2 Å². The van der Waals surface area contributed by atoms with Crippen LogP contribution in [0, 0.1) is 0 Å². The summed E-state index contributed by atoms with van der Waals surface area (Å²) in [5, 5.41) is 18.4. The van der Waals surface area contributed by atoms with Crippen LogP contribution in [0.2, 0.25) is 0 Å². The Morgan fingerprint density at radius 3 is 2.67 bits per heavy atom. The summed E-state index contributed by atoms with van der Waals surface area (Å²) in [6.45, 7) is 5.75. The third-order valence-corrected chi connectivity index (χ3v) is 1.57. The van der Waals surface area contributed by atoms with Crippen LogP contribution in [0.25, 0.3) is 0 Å². The van der Waals surface area contributed by atoms with E-state index in [4.69, 9.17) is 5.11 Å². The largest absolute Gasteiger partial charge is 0.459 e. The second-order valence-corrected chi connectivity index (χ2v) is 2.84. The normalized spacial score (nSPS) is 17.7. The molecular formula is C8H14O4. The van der Waals surface area contributed by atoms with Crippen LogP contribution in [0.4, 0.5) is 0 Å². The van der Waals surface area contributed by atoms with Gasteiger partial charge in [-0.15, -0.1) is 0 Å². The van der Waals surface area contributed by atoms with Gasteiger partial charge in [0.25, 0.3) is 0 Å². The fourth-order valence-corrected chi connectivity index (χ4v) is 0.397. The van der Waals surface area contributed by atoms with Gasteiger partial charge in [-0.1, -0.05) is 6.58 Å². The summed E-state index contributed by atoms with van der Waals surface area (Å²) in [5.74, 6) is -0.615. The van der Waals surface area contributed by atoms with Gasteiger partial charge >= 0.3 is 5.97 Å². The lowest BCUT2D eigenvalue weighted by Gasteiger charge is -2.25. The van der Waals surface area contributed by atoms with Crippen LogP contribution in [-0.2, 0) is 9.53 Å². The van der Waals surface area contributed by atoms with Crippen molar-refractivity contribution in [3.05, 3.63) is 12.7 Å². The predicted octanol–water partition coefficient (Wildman–Crippen LogP) is -0.153. The highest BCUT2D eigenvalue weighted by Gasteiger charge is 2.28. The summed E-state index contributed by atoms with van der Waals surface area (Å²) >= 11 is 0. The molecule has 0 aliphatic carbocycles. The van der Waals surface area contributed by atoms with Crippen molar-refractivity contribution in [1.82, 2.24) is 0 Å². The second kappa shape index (κ2) is 4.23. The summed E-state index contributed by atoms with van der Waals surface area (Å²) in [5.41, 5.74) is -1.40. The molecule has 0 saturated carbocycles. The Morgan fingerprint density at radius 2 is 2.33 bits per heavy atom. The summed E-state index contributed by atoms with van der Waals surface area (Å²) in [7, 11) is 0. The van der Waals surface area contributed by atoms with Crippen molar-refractivity contribution in [3.63, 3.8) is 0 Å². The molecule has 0 bridgehead atoms. The van der Waals surface area contributed by atoms with Gasteiger partial charge in [-0.25, -0.2) is 4.79 Å². The molecule has 0 spiro atoms. The molecule has 0 aromatic heterocycles. The van der Waals surface area contributed by atoms with E-state index >= 15 is 0 Å². The minimum atomic E-state index is -1.40. The Kier molecular flexibility index (Phi) is 3.92. The number of carbonyl (C=O) groups excluding carboxylic acids is 1. The van der Waals surface area contributed by atoms with E-state index in [-0.39, 0.29) is 6.61 Å². The van der Waals surface area contributed by atoms with Gasteiger partial charge < -0.3 is 14.9 Å². The molecule has 0 aliphatic rings. The topological polar surface area (TPSA) is 66.8 Å². The minimum absolute atomic E-state index is 0.241. The Bertz CT molecular complexity index is 172. The molecule has 4 nitrogen and oxygen atoms in total. The highest BCUT2D eigenvalue weighted by molar-refractivity contribution is 5.81. The van der Waals surface area contributed by atoms with Gasteiger partial charge in [0, 0.05) is 6.08 Å². The first kappa shape index (κ1) is 11.1. The first-order valence-corrected chi connectivity index (χ1v) is 3.60. The lowest BCUT2D eigenvalue weighted by Crippen LogP contribution is -2.42. The van der Waals surface area contributed by atoms with Gasteiger partial charge in [-0.2, -0.15) is 0 Å². The van der Waals surface area contributed by atoms with Gasteiger partial charge in [-0.05, 0) is 13.8 Å². The average molecular weight is 174 g/mol. The molecule has 70 valence electrons. The van der Waals surface area contributed by atoms with Crippen molar-refractivity contribution in [2.45, 2.75) is 25.6 Å². The smallest absolute Gasteiger partial charge is 0.330 e. The average Bonchev–Trinajstić information content (AvgIpc) is 2.00. The molecule has 2 unspecified atom stereocenters. The van der Waals surface area contributed by atoms with Gasteiger partial charge in [0.2, 0.25) is 0 Å². The van der Waals surface area contributed by atoms with E-state index in [0.29, 0.717) is 0 Å². The number of carbonyl (C=O) groups is 1. The van der Waals surface area contributed by atoms with Gasteiger partial charge in [0.15, 0.2) is 0 Å². The van der Waals surface area contributed by atoms with Crippen LogP contribution >= 0.6 is 0 Å². The Hall–Kier alpha value is -0.870. The molecule has 0 saturated heterocycles. The maximum atomic E-state index is 10.5. The summed E-state index contributed by atoms with van der Waals surface area (Å²) in [6.07, 6.45) is 0.0492. The van der Waals surface area contributed by atoms with E-state index in [0.717, 1.165) is 6.08 Å². The van der Waals surface area contributed by atoms with E-state index in [9.17, 15) is 9.90 Å². The number of ether oxygens (including phenoxy) is 1. The van der Waals surface area contributed by atoms with Crippen molar-refractivity contribution in [3.8, 4) is 0 Å². The maximum Gasteiger partial charge on any atom is 0.330 e. The molecule has 0 aromatic carbocycles. The number of hydrogen-bond donors (Lipinski definition) is 2. The van der Waals surface area contributed by atoms with Crippen molar-refractivity contribution >= 4 is 5.97 Å². The van der Waals surface area contributed by atoms with E-state index in [2.05, 4.69) is 11.3 Å². The molecule has 0 radical (unpaired) electrons. The number of aliphatic hydroxyl groups excluding tert-OH is 1. The number of rotatable bonds is 4. The standard InChI is InChI=1S/C8H14O4/c1-4-7(10)12-5-8(3,11)6(2)9/h4,6,9,11H,1,5H2,2-3H3. The molecule has 12 heavy (non-hydrogen) atoms. The van der Waals surface area contributed by atoms with Gasteiger partial charge in [-0.3, -0.25) is 0 Å². The molecule has 2 N–H and O–H groups in total. The maximum absolute atomic E-state index is 10.5. The highest BCUT2D eigenvalue weighted by atomic mass is 16.5. The van der Waals surface area contributed by atoms with Crippen LogP contribution in [0.3, 0.4) is 0 Å². The lowest BCUT2D eigenvalue weighted by molar-refractivity contribution is -0.151. The first-order chi connectivity index (χ1) is 5.40. The van der Waals surface area contributed by atoms with Crippen LogP contribution in [0.5, 0.6) is 0 Å². The zero-order valence-corrected chi connectivity index (χ0v) is 7.28. The highest BCUT2D eigenvalue weighted by Crippen LogP contribution is 2.09. The van der Waals surface area contributed by atoms with E-state index in [1.807, 2.05) is 0 Å². The van der Waals surface area contributed by atoms with Crippen molar-refractivity contribution < 1.29 is 19.7 Å². The second-order valence-electron chi connectivity index (χ2n) is 2.84. The quantitative estimate of drug-likeness (QED) is 0.459. The molecule has 0 aliphatic heterocycles. The van der Waals surface area contributed by atoms with Crippen molar-refractivity contribution in [1.29, 1.82) is 0 Å². The SMILES string of the molecule is C=CC(=O)OCC(C)(O)C(C)O. The Morgan fingerprint density at radius 1 is 1.83 bits per heavy atom. The summed E-state index contributed by atoms with van der Waals surface area (Å²) < 4.78 is 4.55. The molecule has 2 atom stereocenters. The van der Waals surface area contributed by atoms with E-state index in [1.165, 1.54) is 13.8 Å². The summed E-state index contributed by atoms with van der Waals surface area (Å²) in [4.78, 5) is 10.5. The zero-order valence-electron chi connectivity index (χ0n) is 7.28.